The van der Waals surface area contributed by atoms with Crippen LogP contribution < -0.4 is 10.5 Å². The molecule has 2 aromatic rings. The van der Waals surface area contributed by atoms with Crippen LogP contribution in [0.5, 0.6) is 5.75 Å². The molecule has 0 spiro atoms. The van der Waals surface area contributed by atoms with Gasteiger partial charge in [0, 0.05) is 5.75 Å². The standard InChI is InChI=1S/C18H22N2OS/c1-14-7-6-10-17(13-14)21-11-12-22-18(19)20-15(2)16-8-4-3-5-9-16/h3-10,13,15H,11-12H2,1-2H3,(H2,19,20)/t15-/m1/s1. The summed E-state index contributed by atoms with van der Waals surface area (Å²) >= 11 is 1.53. The van der Waals surface area contributed by atoms with Gasteiger partial charge >= 0.3 is 0 Å². The highest BCUT2D eigenvalue weighted by Gasteiger charge is 2.04. The van der Waals surface area contributed by atoms with Crippen molar-refractivity contribution in [2.45, 2.75) is 19.9 Å². The molecule has 2 aromatic carbocycles. The number of rotatable bonds is 6. The van der Waals surface area contributed by atoms with Crippen LogP contribution in [0.15, 0.2) is 59.6 Å². The molecule has 0 saturated heterocycles. The molecule has 2 N–H and O–H groups in total. The Morgan fingerprint density at radius 1 is 1.18 bits per heavy atom. The van der Waals surface area contributed by atoms with Gasteiger partial charge in [-0.05, 0) is 37.1 Å². The highest BCUT2D eigenvalue weighted by molar-refractivity contribution is 8.13. The fraction of sp³-hybridized carbons (Fsp3) is 0.278. The first-order chi connectivity index (χ1) is 10.6. The number of nitrogens with zero attached hydrogens (tertiary/aromatic N) is 1. The van der Waals surface area contributed by atoms with E-state index in [1.54, 1.807) is 0 Å². The zero-order valence-corrected chi connectivity index (χ0v) is 13.8. The van der Waals surface area contributed by atoms with Crippen molar-refractivity contribution in [3.63, 3.8) is 0 Å². The molecule has 0 aromatic heterocycles. The predicted molar refractivity (Wildman–Crippen MR) is 95.6 cm³/mol. The molecule has 116 valence electrons. The zero-order chi connectivity index (χ0) is 15.8. The minimum Gasteiger partial charge on any atom is -0.493 e. The topological polar surface area (TPSA) is 47.6 Å². The molecule has 0 aliphatic heterocycles. The quantitative estimate of drug-likeness (QED) is 0.494. The molecule has 0 heterocycles. The third kappa shape index (κ3) is 5.45. The third-order valence-corrected chi connectivity index (χ3v) is 3.97. The van der Waals surface area contributed by atoms with Crippen molar-refractivity contribution in [3.05, 3.63) is 65.7 Å². The molecule has 0 aliphatic rings. The van der Waals surface area contributed by atoms with E-state index < -0.39 is 0 Å². The molecule has 1 atom stereocenters. The molecule has 0 aliphatic carbocycles. The van der Waals surface area contributed by atoms with Crippen molar-refractivity contribution in [1.82, 2.24) is 0 Å². The van der Waals surface area contributed by atoms with Crippen LogP contribution in [0.2, 0.25) is 0 Å². The Hall–Kier alpha value is -1.94. The van der Waals surface area contributed by atoms with Crippen LogP contribution in [0.3, 0.4) is 0 Å². The van der Waals surface area contributed by atoms with E-state index in [9.17, 15) is 0 Å². The van der Waals surface area contributed by atoms with Gasteiger partial charge in [0.1, 0.15) is 5.75 Å². The molecule has 0 unspecified atom stereocenters. The molecular formula is C18H22N2OS. The van der Waals surface area contributed by atoms with Gasteiger partial charge in [0.2, 0.25) is 0 Å². The summed E-state index contributed by atoms with van der Waals surface area (Å²) in [5, 5.41) is 0.601. The Kier molecular flexibility index (Phi) is 6.34. The van der Waals surface area contributed by atoms with Gasteiger partial charge in [-0.25, -0.2) is 0 Å². The van der Waals surface area contributed by atoms with Crippen LogP contribution in [0.4, 0.5) is 0 Å². The molecule has 3 nitrogen and oxygen atoms in total. The monoisotopic (exact) mass is 314 g/mol. The second-order valence-corrected chi connectivity index (χ2v) is 6.18. The smallest absolute Gasteiger partial charge is 0.154 e. The van der Waals surface area contributed by atoms with E-state index in [-0.39, 0.29) is 6.04 Å². The van der Waals surface area contributed by atoms with Crippen molar-refractivity contribution >= 4 is 16.9 Å². The summed E-state index contributed by atoms with van der Waals surface area (Å²) in [5.41, 5.74) is 8.34. The first-order valence-corrected chi connectivity index (χ1v) is 8.34. The highest BCUT2D eigenvalue weighted by atomic mass is 32.2. The first kappa shape index (κ1) is 16.4. The minimum atomic E-state index is 0.0754. The third-order valence-electron chi connectivity index (χ3n) is 3.19. The molecule has 2 rings (SSSR count). The Morgan fingerprint density at radius 3 is 2.68 bits per heavy atom. The molecule has 4 heteroatoms. The molecule has 0 bridgehead atoms. The molecule has 0 saturated carbocycles. The van der Waals surface area contributed by atoms with Crippen LogP contribution in [-0.4, -0.2) is 17.5 Å². The Bertz CT molecular complexity index is 613. The Labute approximate surface area is 136 Å². The lowest BCUT2D eigenvalue weighted by molar-refractivity contribution is 0.344. The van der Waals surface area contributed by atoms with E-state index in [4.69, 9.17) is 10.5 Å². The number of thioether (sulfide) groups is 1. The maximum Gasteiger partial charge on any atom is 0.154 e. The Balaban J connectivity index is 1.75. The lowest BCUT2D eigenvalue weighted by atomic mass is 10.1. The summed E-state index contributed by atoms with van der Waals surface area (Å²) in [7, 11) is 0. The van der Waals surface area contributed by atoms with E-state index in [0.29, 0.717) is 11.8 Å². The summed E-state index contributed by atoms with van der Waals surface area (Å²) in [6.07, 6.45) is 0. The molecular weight excluding hydrogens is 292 g/mol. The van der Waals surface area contributed by atoms with Crippen LogP contribution in [0, 0.1) is 6.92 Å². The molecule has 22 heavy (non-hydrogen) atoms. The summed E-state index contributed by atoms with van der Waals surface area (Å²) < 4.78 is 5.70. The summed E-state index contributed by atoms with van der Waals surface area (Å²) in [6.45, 7) is 4.72. The summed E-state index contributed by atoms with van der Waals surface area (Å²) in [5.74, 6) is 1.68. The summed E-state index contributed by atoms with van der Waals surface area (Å²) in [4.78, 5) is 4.51. The maximum absolute atomic E-state index is 5.97. The van der Waals surface area contributed by atoms with Gasteiger partial charge < -0.3 is 10.5 Å². The molecule has 0 radical (unpaired) electrons. The fourth-order valence-corrected chi connectivity index (χ4v) is 2.65. The van der Waals surface area contributed by atoms with E-state index >= 15 is 0 Å². The average Bonchev–Trinajstić information content (AvgIpc) is 2.52. The number of ether oxygens (including phenoxy) is 1. The average molecular weight is 314 g/mol. The van der Waals surface area contributed by atoms with Crippen LogP contribution >= 0.6 is 11.8 Å². The molecule has 0 fully saturated rings. The van der Waals surface area contributed by atoms with Crippen molar-refractivity contribution < 1.29 is 4.74 Å². The van der Waals surface area contributed by atoms with Crippen molar-refractivity contribution in [1.29, 1.82) is 0 Å². The Morgan fingerprint density at radius 2 is 1.95 bits per heavy atom. The van der Waals surface area contributed by atoms with Crippen molar-refractivity contribution in [2.75, 3.05) is 12.4 Å². The number of benzene rings is 2. The summed E-state index contributed by atoms with van der Waals surface area (Å²) in [6, 6.07) is 18.3. The van der Waals surface area contributed by atoms with Gasteiger partial charge in [-0.1, -0.05) is 54.2 Å². The van der Waals surface area contributed by atoms with Crippen LogP contribution in [-0.2, 0) is 0 Å². The van der Waals surface area contributed by atoms with E-state index in [2.05, 4.69) is 30.1 Å². The largest absolute Gasteiger partial charge is 0.493 e. The van der Waals surface area contributed by atoms with Gasteiger partial charge in [0.25, 0.3) is 0 Å². The van der Waals surface area contributed by atoms with Gasteiger partial charge in [-0.2, -0.15) is 0 Å². The second kappa shape index (κ2) is 8.49. The second-order valence-electron chi connectivity index (χ2n) is 5.07. The predicted octanol–water partition coefficient (Wildman–Crippen LogP) is 4.18. The van der Waals surface area contributed by atoms with Gasteiger partial charge in [0.05, 0.1) is 12.6 Å². The zero-order valence-electron chi connectivity index (χ0n) is 13.0. The van der Waals surface area contributed by atoms with Crippen molar-refractivity contribution in [2.24, 2.45) is 10.7 Å². The number of hydrogen-bond acceptors (Lipinski definition) is 3. The van der Waals surface area contributed by atoms with E-state index in [1.807, 2.05) is 43.3 Å². The fourth-order valence-electron chi connectivity index (χ4n) is 2.05. The van der Waals surface area contributed by atoms with E-state index in [0.717, 1.165) is 11.5 Å². The van der Waals surface area contributed by atoms with Crippen LogP contribution in [0.25, 0.3) is 0 Å². The van der Waals surface area contributed by atoms with Crippen molar-refractivity contribution in [3.8, 4) is 5.75 Å². The molecule has 0 amide bonds. The van der Waals surface area contributed by atoms with E-state index in [1.165, 1.54) is 22.9 Å². The number of hydrogen-bond donors (Lipinski definition) is 1. The van der Waals surface area contributed by atoms with Crippen LogP contribution in [0.1, 0.15) is 24.1 Å². The first-order valence-electron chi connectivity index (χ1n) is 7.35. The van der Waals surface area contributed by atoms with Gasteiger partial charge in [-0.15, -0.1) is 0 Å². The lowest BCUT2D eigenvalue weighted by Gasteiger charge is -2.09. The maximum atomic E-state index is 5.97. The normalized spacial score (nSPS) is 12.9. The number of amidine groups is 1. The van der Waals surface area contributed by atoms with Gasteiger partial charge in [0.15, 0.2) is 5.17 Å². The lowest BCUT2D eigenvalue weighted by Crippen LogP contribution is -2.12. The highest BCUT2D eigenvalue weighted by Crippen LogP contribution is 2.17. The number of aliphatic imine (C=N–C) groups is 1. The minimum absolute atomic E-state index is 0.0754. The number of aryl methyl sites for hydroxylation is 1. The number of nitrogens with two attached hydrogens (primary N) is 1. The van der Waals surface area contributed by atoms with Gasteiger partial charge in [-0.3, -0.25) is 4.99 Å². The SMILES string of the molecule is Cc1cccc(OCCSC(N)=N[C@H](C)c2ccccc2)c1.